The number of ether oxygens (including phenoxy) is 1. The van der Waals surface area contributed by atoms with Gasteiger partial charge in [-0.3, -0.25) is 4.79 Å². The van der Waals surface area contributed by atoms with Crippen molar-refractivity contribution in [2.45, 2.75) is 24.3 Å². The molecule has 5 nitrogen and oxygen atoms in total. The SMILES string of the molecule is CCN(CC)C(=O)C(Sc1nc2ccc(OC)cc2[nH]1)c1ccccc1. The summed E-state index contributed by atoms with van der Waals surface area (Å²) in [7, 11) is 1.64. The number of aromatic amines is 1. The zero-order valence-corrected chi connectivity index (χ0v) is 16.0. The van der Waals surface area contributed by atoms with Gasteiger partial charge in [0.15, 0.2) is 5.16 Å². The Hall–Kier alpha value is -2.47. The number of nitrogens with zero attached hydrogens (tertiary/aromatic N) is 2. The number of methoxy groups -OCH3 is 1. The number of hydrogen-bond acceptors (Lipinski definition) is 4. The summed E-state index contributed by atoms with van der Waals surface area (Å²) in [4.78, 5) is 22.9. The van der Waals surface area contributed by atoms with Crippen LogP contribution >= 0.6 is 11.8 Å². The third-order valence-electron chi connectivity index (χ3n) is 4.30. The topological polar surface area (TPSA) is 58.2 Å². The second-order valence-electron chi connectivity index (χ2n) is 5.84. The van der Waals surface area contributed by atoms with Gasteiger partial charge in [0.2, 0.25) is 5.91 Å². The van der Waals surface area contributed by atoms with E-state index < -0.39 is 0 Å². The van der Waals surface area contributed by atoms with E-state index in [0.717, 1.165) is 27.5 Å². The van der Waals surface area contributed by atoms with Crippen LogP contribution in [0.15, 0.2) is 53.7 Å². The lowest BCUT2D eigenvalue weighted by molar-refractivity contribution is -0.130. The van der Waals surface area contributed by atoms with Crippen LogP contribution in [0.5, 0.6) is 5.75 Å². The molecule has 1 amide bonds. The van der Waals surface area contributed by atoms with Gasteiger partial charge in [0, 0.05) is 19.2 Å². The molecular weight excluding hydrogens is 346 g/mol. The Morgan fingerprint density at radius 1 is 1.19 bits per heavy atom. The second kappa shape index (κ2) is 8.27. The quantitative estimate of drug-likeness (QED) is 0.632. The van der Waals surface area contributed by atoms with Crippen LogP contribution in [0.4, 0.5) is 0 Å². The Balaban J connectivity index is 1.93. The number of imidazole rings is 1. The van der Waals surface area contributed by atoms with E-state index in [-0.39, 0.29) is 11.2 Å². The van der Waals surface area contributed by atoms with Crippen LogP contribution in [0.3, 0.4) is 0 Å². The molecule has 136 valence electrons. The Morgan fingerprint density at radius 2 is 1.92 bits per heavy atom. The summed E-state index contributed by atoms with van der Waals surface area (Å²) in [6, 6.07) is 15.6. The van der Waals surface area contributed by atoms with Crippen molar-refractivity contribution in [3.05, 3.63) is 54.1 Å². The first-order chi connectivity index (χ1) is 12.7. The van der Waals surface area contributed by atoms with Crippen LogP contribution in [0, 0.1) is 0 Å². The van der Waals surface area contributed by atoms with E-state index in [1.807, 2.05) is 67.3 Å². The number of rotatable bonds is 7. The average Bonchev–Trinajstić information content (AvgIpc) is 3.09. The van der Waals surface area contributed by atoms with Gasteiger partial charge < -0.3 is 14.6 Å². The molecule has 0 saturated heterocycles. The largest absolute Gasteiger partial charge is 0.497 e. The molecule has 0 spiro atoms. The van der Waals surface area contributed by atoms with E-state index in [1.54, 1.807) is 7.11 Å². The summed E-state index contributed by atoms with van der Waals surface area (Å²) in [6.45, 7) is 5.39. The number of benzene rings is 2. The van der Waals surface area contributed by atoms with Crippen LogP contribution in [-0.2, 0) is 4.79 Å². The molecule has 6 heteroatoms. The minimum Gasteiger partial charge on any atom is -0.497 e. The highest BCUT2D eigenvalue weighted by Crippen LogP contribution is 2.36. The number of aromatic nitrogens is 2. The highest BCUT2D eigenvalue weighted by molar-refractivity contribution is 8.00. The number of carbonyl (C=O) groups is 1. The first-order valence-electron chi connectivity index (χ1n) is 8.70. The summed E-state index contributed by atoms with van der Waals surface area (Å²) < 4.78 is 5.27. The van der Waals surface area contributed by atoms with E-state index in [1.165, 1.54) is 11.8 Å². The predicted molar refractivity (Wildman–Crippen MR) is 106 cm³/mol. The Bertz CT molecular complexity index is 875. The van der Waals surface area contributed by atoms with Crippen LogP contribution < -0.4 is 4.74 Å². The Morgan fingerprint density at radius 3 is 2.58 bits per heavy atom. The van der Waals surface area contributed by atoms with Gasteiger partial charge in [0.1, 0.15) is 11.0 Å². The van der Waals surface area contributed by atoms with Gasteiger partial charge in [-0.2, -0.15) is 0 Å². The number of amides is 1. The standard InChI is InChI=1S/C20H23N3O2S/c1-4-23(5-2)19(24)18(14-9-7-6-8-10-14)26-20-21-16-12-11-15(25-3)13-17(16)22-20/h6-13,18H,4-5H2,1-3H3,(H,21,22). The molecule has 0 saturated carbocycles. The number of hydrogen-bond donors (Lipinski definition) is 1. The van der Waals surface area contributed by atoms with Gasteiger partial charge in [-0.15, -0.1) is 0 Å². The van der Waals surface area contributed by atoms with Crippen molar-refractivity contribution >= 4 is 28.7 Å². The monoisotopic (exact) mass is 369 g/mol. The van der Waals surface area contributed by atoms with Crippen LogP contribution in [0.25, 0.3) is 11.0 Å². The zero-order valence-electron chi connectivity index (χ0n) is 15.2. The van der Waals surface area contributed by atoms with Crippen LogP contribution in [0.1, 0.15) is 24.7 Å². The van der Waals surface area contributed by atoms with Gasteiger partial charge in [-0.05, 0) is 31.5 Å². The number of fused-ring (bicyclic) bond motifs is 1. The minimum absolute atomic E-state index is 0.101. The van der Waals surface area contributed by atoms with Crippen molar-refractivity contribution in [2.75, 3.05) is 20.2 Å². The lowest BCUT2D eigenvalue weighted by Gasteiger charge is -2.24. The van der Waals surface area contributed by atoms with Crippen LogP contribution in [-0.4, -0.2) is 41.0 Å². The highest BCUT2D eigenvalue weighted by Gasteiger charge is 2.26. The van der Waals surface area contributed by atoms with Gasteiger partial charge in [0.05, 0.1) is 18.1 Å². The molecule has 0 aliphatic heterocycles. The third-order valence-corrected chi connectivity index (χ3v) is 5.42. The summed E-state index contributed by atoms with van der Waals surface area (Å²) in [6.07, 6.45) is 0. The number of thioether (sulfide) groups is 1. The molecule has 2 aromatic carbocycles. The van der Waals surface area contributed by atoms with E-state index in [4.69, 9.17) is 4.74 Å². The van der Waals surface area contributed by atoms with Gasteiger partial charge in [0.25, 0.3) is 0 Å². The molecule has 0 bridgehead atoms. The molecule has 26 heavy (non-hydrogen) atoms. The van der Waals surface area contributed by atoms with Crippen molar-refractivity contribution in [2.24, 2.45) is 0 Å². The maximum absolute atomic E-state index is 13.1. The molecular formula is C20H23N3O2S. The summed E-state index contributed by atoms with van der Waals surface area (Å²) >= 11 is 1.45. The van der Waals surface area contributed by atoms with E-state index >= 15 is 0 Å². The van der Waals surface area contributed by atoms with Gasteiger partial charge in [-0.25, -0.2) is 4.98 Å². The fourth-order valence-electron chi connectivity index (χ4n) is 2.85. The molecule has 0 aliphatic carbocycles. The van der Waals surface area contributed by atoms with Crippen molar-refractivity contribution < 1.29 is 9.53 Å². The van der Waals surface area contributed by atoms with Crippen molar-refractivity contribution in [1.82, 2.24) is 14.9 Å². The number of nitrogens with one attached hydrogen (secondary N) is 1. The van der Waals surface area contributed by atoms with E-state index in [0.29, 0.717) is 13.1 Å². The van der Waals surface area contributed by atoms with Crippen molar-refractivity contribution in [3.8, 4) is 5.75 Å². The number of H-pyrrole nitrogens is 1. The second-order valence-corrected chi connectivity index (χ2v) is 6.94. The molecule has 3 aromatic rings. The fourth-order valence-corrected chi connectivity index (χ4v) is 3.94. The zero-order chi connectivity index (χ0) is 18.5. The fraction of sp³-hybridized carbons (Fsp3) is 0.300. The first kappa shape index (κ1) is 18.3. The lowest BCUT2D eigenvalue weighted by Crippen LogP contribution is -2.33. The molecule has 1 unspecified atom stereocenters. The minimum atomic E-state index is -0.335. The van der Waals surface area contributed by atoms with Crippen molar-refractivity contribution in [1.29, 1.82) is 0 Å². The number of likely N-dealkylation sites (N-methyl/N-ethyl adjacent to an activating group) is 1. The molecule has 1 aromatic heterocycles. The number of carbonyl (C=O) groups excluding carboxylic acids is 1. The molecule has 0 aliphatic rings. The molecule has 1 N–H and O–H groups in total. The highest BCUT2D eigenvalue weighted by atomic mass is 32.2. The summed E-state index contributed by atoms with van der Waals surface area (Å²) in [5, 5.41) is 0.390. The summed E-state index contributed by atoms with van der Waals surface area (Å²) in [5.74, 6) is 0.876. The summed E-state index contributed by atoms with van der Waals surface area (Å²) in [5.41, 5.74) is 2.73. The molecule has 0 fully saturated rings. The smallest absolute Gasteiger partial charge is 0.240 e. The average molecular weight is 369 g/mol. The van der Waals surface area contributed by atoms with Gasteiger partial charge >= 0.3 is 0 Å². The van der Waals surface area contributed by atoms with Crippen molar-refractivity contribution in [3.63, 3.8) is 0 Å². The third kappa shape index (κ3) is 3.85. The maximum atomic E-state index is 13.1. The molecule has 0 radical (unpaired) electrons. The van der Waals surface area contributed by atoms with Crippen LogP contribution in [0.2, 0.25) is 0 Å². The van der Waals surface area contributed by atoms with E-state index in [9.17, 15) is 4.79 Å². The maximum Gasteiger partial charge on any atom is 0.240 e. The first-order valence-corrected chi connectivity index (χ1v) is 9.58. The molecule has 1 atom stereocenters. The lowest BCUT2D eigenvalue weighted by atomic mass is 10.1. The Kier molecular flexibility index (Phi) is 5.83. The predicted octanol–water partition coefficient (Wildman–Crippen LogP) is 4.27. The normalized spacial score (nSPS) is 12.1. The van der Waals surface area contributed by atoms with E-state index in [2.05, 4.69) is 9.97 Å². The molecule has 3 rings (SSSR count). The Labute approximate surface area is 157 Å². The van der Waals surface area contributed by atoms with Gasteiger partial charge in [-0.1, -0.05) is 42.1 Å². The molecule has 1 heterocycles.